The van der Waals surface area contributed by atoms with Crippen molar-refractivity contribution in [2.45, 2.75) is 44.4 Å². The average molecular weight is 382 g/mol. The topological polar surface area (TPSA) is 44.0 Å². The third-order valence-corrected chi connectivity index (χ3v) is 7.09. The number of thioether (sulfide) groups is 1. The molecule has 1 aliphatic carbocycles. The first-order valence-corrected chi connectivity index (χ1v) is 10.6. The molecule has 2 rings (SSSR count). The molecule has 27 heavy (non-hydrogen) atoms. The van der Waals surface area contributed by atoms with Gasteiger partial charge in [-0.05, 0) is 60.5 Å². The molecule has 0 radical (unpaired) electrons. The van der Waals surface area contributed by atoms with Crippen LogP contribution in [0.25, 0.3) is 0 Å². The Morgan fingerprint density at radius 3 is 2.70 bits per heavy atom. The maximum atomic E-state index is 10.1. The molecule has 0 aliphatic heterocycles. The quantitative estimate of drug-likeness (QED) is 0.323. The number of benzene rings is 1. The van der Waals surface area contributed by atoms with Crippen molar-refractivity contribution in [1.82, 2.24) is 0 Å². The van der Waals surface area contributed by atoms with Crippen LogP contribution in [0.5, 0.6) is 0 Å². The van der Waals surface area contributed by atoms with Crippen molar-refractivity contribution in [3.05, 3.63) is 66.6 Å². The normalized spacial score (nSPS) is 31.2. The van der Waals surface area contributed by atoms with E-state index in [0.29, 0.717) is 5.92 Å². The Morgan fingerprint density at radius 1 is 1.33 bits per heavy atom. The fourth-order valence-electron chi connectivity index (χ4n) is 4.31. The smallest absolute Gasteiger partial charge is 0.0793 e. The molecule has 0 spiro atoms. The summed E-state index contributed by atoms with van der Waals surface area (Å²) >= 11 is 1.67. The Bertz CT molecular complexity index is 705. The molecule has 0 heterocycles. The van der Waals surface area contributed by atoms with Crippen LogP contribution in [0.1, 0.15) is 39.5 Å². The number of rotatable bonds is 8. The standard InChI is InChI=1S/C24H31NOS/c1-4-23(3)20(2)14-16-24(19-25,22(23)13-10-17-26)15-8-9-18-27-21-11-6-5-7-12-21/h4-9,11-12,15,18,20,22,26H,1,10,13-14,16-17H2,2-3H3/b15-8+,18-9+/t20-,22-,23+,24-/m1/s1. The third-order valence-electron chi connectivity index (χ3n) is 6.26. The molecule has 0 saturated heterocycles. The predicted molar refractivity (Wildman–Crippen MR) is 115 cm³/mol. The molecule has 1 aromatic rings. The lowest BCUT2D eigenvalue weighted by Gasteiger charge is -2.52. The highest BCUT2D eigenvalue weighted by molar-refractivity contribution is 8.02. The molecule has 144 valence electrons. The van der Waals surface area contributed by atoms with Gasteiger partial charge in [0.1, 0.15) is 0 Å². The van der Waals surface area contributed by atoms with Gasteiger partial charge in [-0.25, -0.2) is 0 Å². The van der Waals surface area contributed by atoms with Gasteiger partial charge in [0.05, 0.1) is 11.5 Å². The van der Waals surface area contributed by atoms with Crippen molar-refractivity contribution in [3.8, 4) is 6.07 Å². The Balaban J connectivity index is 2.20. The number of allylic oxidation sites excluding steroid dienone is 4. The summed E-state index contributed by atoms with van der Waals surface area (Å²) in [5.74, 6) is 0.646. The molecule has 1 saturated carbocycles. The summed E-state index contributed by atoms with van der Waals surface area (Å²) in [6, 6.07) is 12.9. The average Bonchev–Trinajstić information content (AvgIpc) is 2.70. The predicted octanol–water partition coefficient (Wildman–Crippen LogP) is 6.37. The molecule has 3 heteroatoms. The van der Waals surface area contributed by atoms with Crippen molar-refractivity contribution in [2.24, 2.45) is 22.7 Å². The summed E-state index contributed by atoms with van der Waals surface area (Å²) in [5, 5.41) is 21.5. The van der Waals surface area contributed by atoms with Crippen molar-refractivity contribution in [3.63, 3.8) is 0 Å². The second-order valence-corrected chi connectivity index (χ2v) is 8.68. The van der Waals surface area contributed by atoms with E-state index < -0.39 is 5.41 Å². The minimum atomic E-state index is -0.508. The number of hydrogen-bond donors (Lipinski definition) is 1. The molecule has 1 fully saturated rings. The first kappa shape index (κ1) is 21.5. The van der Waals surface area contributed by atoms with E-state index in [1.807, 2.05) is 36.4 Å². The lowest BCUT2D eigenvalue weighted by molar-refractivity contribution is 0.0216. The summed E-state index contributed by atoms with van der Waals surface area (Å²) in [6.45, 7) is 8.75. The fourth-order valence-corrected chi connectivity index (χ4v) is 4.95. The molecule has 1 aromatic carbocycles. The minimum absolute atomic E-state index is 0.101. The lowest BCUT2D eigenvalue weighted by Crippen LogP contribution is -2.47. The van der Waals surface area contributed by atoms with Crippen LogP contribution in [0.2, 0.25) is 0 Å². The molecule has 1 N–H and O–H groups in total. The minimum Gasteiger partial charge on any atom is -0.396 e. The van der Waals surface area contributed by atoms with Crippen LogP contribution in [-0.2, 0) is 0 Å². The maximum absolute atomic E-state index is 10.1. The first-order valence-electron chi connectivity index (χ1n) is 9.74. The molecule has 0 bridgehead atoms. The van der Waals surface area contributed by atoms with Crippen LogP contribution in [0, 0.1) is 34.0 Å². The Hall–Kier alpha value is -1.76. The highest BCUT2D eigenvalue weighted by Gasteiger charge is 2.51. The SMILES string of the molecule is C=C[C@@]1(C)[C@H](C)CC[C@@](C#N)(/C=C/C=C/Sc2ccccc2)[C@@H]1CCCO. The Kier molecular flexibility index (Phi) is 7.95. The molecule has 0 amide bonds. The monoisotopic (exact) mass is 381 g/mol. The van der Waals surface area contributed by atoms with E-state index in [9.17, 15) is 10.4 Å². The molecule has 1 aliphatic rings. The maximum Gasteiger partial charge on any atom is 0.0793 e. The summed E-state index contributed by atoms with van der Waals surface area (Å²) < 4.78 is 0. The summed E-state index contributed by atoms with van der Waals surface area (Å²) in [4.78, 5) is 1.20. The Morgan fingerprint density at radius 2 is 2.07 bits per heavy atom. The van der Waals surface area contributed by atoms with E-state index in [-0.39, 0.29) is 17.9 Å². The van der Waals surface area contributed by atoms with Gasteiger partial charge >= 0.3 is 0 Å². The summed E-state index contributed by atoms with van der Waals surface area (Å²) in [7, 11) is 0. The fraction of sp³-hybridized carbons (Fsp3) is 0.458. The molecule has 2 nitrogen and oxygen atoms in total. The van der Waals surface area contributed by atoms with Gasteiger partial charge in [0.15, 0.2) is 0 Å². The largest absolute Gasteiger partial charge is 0.396 e. The molecular weight excluding hydrogens is 350 g/mol. The van der Waals surface area contributed by atoms with Gasteiger partial charge in [-0.3, -0.25) is 0 Å². The van der Waals surface area contributed by atoms with Crippen LogP contribution >= 0.6 is 11.8 Å². The first-order chi connectivity index (χ1) is 13.0. The molecule has 0 aromatic heterocycles. The Labute approximate surface area is 168 Å². The van der Waals surface area contributed by atoms with Gasteiger partial charge in [0.2, 0.25) is 0 Å². The van der Waals surface area contributed by atoms with Gasteiger partial charge in [0.25, 0.3) is 0 Å². The van der Waals surface area contributed by atoms with E-state index in [1.165, 1.54) is 4.90 Å². The van der Waals surface area contributed by atoms with Crippen molar-refractivity contribution in [2.75, 3.05) is 6.61 Å². The van der Waals surface area contributed by atoms with Crippen molar-refractivity contribution < 1.29 is 5.11 Å². The van der Waals surface area contributed by atoms with Gasteiger partial charge in [-0.15, -0.1) is 6.58 Å². The van der Waals surface area contributed by atoms with Gasteiger partial charge in [-0.1, -0.05) is 68.1 Å². The third kappa shape index (κ3) is 4.94. The lowest BCUT2D eigenvalue weighted by atomic mass is 9.51. The summed E-state index contributed by atoms with van der Waals surface area (Å²) in [5.41, 5.74) is -0.609. The number of aliphatic hydroxyl groups is 1. The van der Waals surface area contributed by atoms with E-state index in [1.54, 1.807) is 11.8 Å². The van der Waals surface area contributed by atoms with Crippen molar-refractivity contribution >= 4 is 11.8 Å². The molecular formula is C24H31NOS. The van der Waals surface area contributed by atoms with Crippen LogP contribution < -0.4 is 0 Å². The van der Waals surface area contributed by atoms with Gasteiger partial charge < -0.3 is 5.11 Å². The second-order valence-electron chi connectivity index (χ2n) is 7.70. The zero-order valence-corrected chi connectivity index (χ0v) is 17.3. The molecule has 0 unspecified atom stereocenters. The number of aliphatic hydroxyl groups excluding tert-OH is 1. The molecule has 4 atom stereocenters. The zero-order chi connectivity index (χ0) is 19.8. The van der Waals surface area contributed by atoms with Crippen LogP contribution in [0.4, 0.5) is 0 Å². The van der Waals surface area contributed by atoms with E-state index in [4.69, 9.17) is 0 Å². The van der Waals surface area contributed by atoms with Gasteiger partial charge in [0, 0.05) is 11.5 Å². The van der Waals surface area contributed by atoms with E-state index in [0.717, 1.165) is 25.7 Å². The number of nitriles is 1. The number of nitrogens with zero attached hydrogens (tertiary/aromatic N) is 1. The van der Waals surface area contributed by atoms with E-state index in [2.05, 4.69) is 50.1 Å². The number of hydrogen-bond acceptors (Lipinski definition) is 3. The van der Waals surface area contributed by atoms with Crippen LogP contribution in [0.3, 0.4) is 0 Å². The van der Waals surface area contributed by atoms with Crippen molar-refractivity contribution in [1.29, 1.82) is 5.26 Å². The zero-order valence-electron chi connectivity index (χ0n) is 16.5. The van der Waals surface area contributed by atoms with Gasteiger partial charge in [-0.2, -0.15) is 5.26 Å². The highest BCUT2D eigenvalue weighted by Crippen LogP contribution is 2.57. The van der Waals surface area contributed by atoms with Crippen LogP contribution in [0.15, 0.2) is 71.5 Å². The van der Waals surface area contributed by atoms with E-state index >= 15 is 0 Å². The second kappa shape index (κ2) is 9.97. The summed E-state index contributed by atoms with van der Waals surface area (Å²) in [6.07, 6.45) is 11.6. The highest BCUT2D eigenvalue weighted by atomic mass is 32.2. The van der Waals surface area contributed by atoms with Crippen LogP contribution in [-0.4, -0.2) is 11.7 Å².